The van der Waals surface area contributed by atoms with Crippen LogP contribution in [0.1, 0.15) is 24.9 Å². The van der Waals surface area contributed by atoms with Crippen LogP contribution in [0.15, 0.2) is 24.3 Å². The first-order valence-corrected chi connectivity index (χ1v) is 6.80. The highest BCUT2D eigenvalue weighted by Gasteiger charge is 2.06. The molecule has 0 fully saturated rings. The maximum Gasteiger partial charge on any atom is 0.221 e. The number of amides is 1. The standard InChI is InChI=1S/C15H24N2O3/c1-12(13-4-6-14(20-3)7-5-13)16-9-8-15(18)17-10-11-19-2/h4-7,12,16H,8-11H2,1-3H3,(H,17,18). The lowest BCUT2D eigenvalue weighted by molar-refractivity contribution is -0.121. The van der Waals surface area contributed by atoms with Gasteiger partial charge in [-0.25, -0.2) is 0 Å². The average molecular weight is 280 g/mol. The molecule has 0 bridgehead atoms. The number of nitrogens with one attached hydrogen (secondary N) is 2. The number of rotatable bonds is 9. The molecule has 0 aliphatic carbocycles. The Hall–Kier alpha value is -1.59. The van der Waals surface area contributed by atoms with Crippen molar-refractivity contribution >= 4 is 5.91 Å². The first-order valence-electron chi connectivity index (χ1n) is 6.80. The highest BCUT2D eigenvalue weighted by molar-refractivity contribution is 5.76. The van der Waals surface area contributed by atoms with Crippen LogP contribution in [0.4, 0.5) is 0 Å². The van der Waals surface area contributed by atoms with Crippen LogP contribution < -0.4 is 15.4 Å². The number of ether oxygens (including phenoxy) is 2. The molecule has 0 aliphatic heterocycles. The molecule has 0 spiro atoms. The second kappa shape index (κ2) is 9.34. The third-order valence-electron chi connectivity index (χ3n) is 3.05. The number of carbonyl (C=O) groups is 1. The fourth-order valence-corrected chi connectivity index (χ4v) is 1.79. The van der Waals surface area contributed by atoms with Crippen molar-refractivity contribution in [3.05, 3.63) is 29.8 Å². The van der Waals surface area contributed by atoms with E-state index in [1.807, 2.05) is 24.3 Å². The molecule has 2 N–H and O–H groups in total. The summed E-state index contributed by atoms with van der Waals surface area (Å²) in [5.74, 6) is 0.884. The van der Waals surface area contributed by atoms with Crippen molar-refractivity contribution in [1.29, 1.82) is 0 Å². The third kappa shape index (κ3) is 6.04. The first kappa shape index (κ1) is 16.5. The summed E-state index contributed by atoms with van der Waals surface area (Å²) >= 11 is 0. The van der Waals surface area contributed by atoms with E-state index in [0.29, 0.717) is 26.1 Å². The van der Waals surface area contributed by atoms with Gasteiger partial charge in [0, 0.05) is 32.7 Å². The second-order valence-electron chi connectivity index (χ2n) is 4.54. The molecular formula is C15H24N2O3. The Bertz CT molecular complexity index is 393. The SMILES string of the molecule is COCCNC(=O)CCNC(C)c1ccc(OC)cc1. The molecule has 20 heavy (non-hydrogen) atoms. The highest BCUT2D eigenvalue weighted by atomic mass is 16.5. The van der Waals surface area contributed by atoms with E-state index in [-0.39, 0.29) is 11.9 Å². The van der Waals surface area contributed by atoms with Crippen molar-refractivity contribution in [2.24, 2.45) is 0 Å². The largest absolute Gasteiger partial charge is 0.497 e. The van der Waals surface area contributed by atoms with Crippen molar-refractivity contribution in [3.8, 4) is 5.75 Å². The Kier molecular flexibility index (Phi) is 7.69. The molecule has 1 amide bonds. The molecule has 0 heterocycles. The fraction of sp³-hybridized carbons (Fsp3) is 0.533. The summed E-state index contributed by atoms with van der Waals surface area (Å²) in [4.78, 5) is 11.5. The summed E-state index contributed by atoms with van der Waals surface area (Å²) in [6, 6.07) is 8.12. The van der Waals surface area contributed by atoms with Crippen molar-refractivity contribution in [2.75, 3.05) is 33.9 Å². The van der Waals surface area contributed by atoms with E-state index in [4.69, 9.17) is 9.47 Å². The van der Waals surface area contributed by atoms with Crippen LogP contribution in [0.3, 0.4) is 0 Å². The maximum atomic E-state index is 11.5. The smallest absolute Gasteiger partial charge is 0.221 e. The van der Waals surface area contributed by atoms with Gasteiger partial charge >= 0.3 is 0 Å². The Balaban J connectivity index is 2.25. The van der Waals surface area contributed by atoms with Gasteiger partial charge in [0.25, 0.3) is 0 Å². The van der Waals surface area contributed by atoms with E-state index in [1.165, 1.54) is 5.56 Å². The number of carbonyl (C=O) groups excluding carboxylic acids is 1. The monoisotopic (exact) mass is 280 g/mol. The Morgan fingerprint density at radius 1 is 1.20 bits per heavy atom. The minimum absolute atomic E-state index is 0.0384. The summed E-state index contributed by atoms with van der Waals surface area (Å²) in [5.41, 5.74) is 1.17. The van der Waals surface area contributed by atoms with Gasteiger partial charge in [0.1, 0.15) is 5.75 Å². The highest BCUT2D eigenvalue weighted by Crippen LogP contribution is 2.16. The molecule has 0 radical (unpaired) electrons. The fourth-order valence-electron chi connectivity index (χ4n) is 1.79. The summed E-state index contributed by atoms with van der Waals surface area (Å²) in [6.07, 6.45) is 0.463. The maximum absolute atomic E-state index is 11.5. The Labute approximate surface area is 120 Å². The van der Waals surface area contributed by atoms with Crippen LogP contribution in [0.5, 0.6) is 5.75 Å². The molecule has 0 aliphatic rings. The van der Waals surface area contributed by atoms with Crippen molar-refractivity contribution < 1.29 is 14.3 Å². The van der Waals surface area contributed by atoms with Gasteiger partial charge in [-0.15, -0.1) is 0 Å². The van der Waals surface area contributed by atoms with Crippen LogP contribution in [0.25, 0.3) is 0 Å². The van der Waals surface area contributed by atoms with Crippen LogP contribution >= 0.6 is 0 Å². The first-order chi connectivity index (χ1) is 9.67. The summed E-state index contributed by atoms with van der Waals surface area (Å²) < 4.78 is 10.00. The molecule has 1 unspecified atom stereocenters. The van der Waals surface area contributed by atoms with Gasteiger partial charge in [0.2, 0.25) is 5.91 Å². The van der Waals surface area contributed by atoms with Gasteiger partial charge < -0.3 is 20.1 Å². The van der Waals surface area contributed by atoms with E-state index in [1.54, 1.807) is 14.2 Å². The zero-order valence-corrected chi connectivity index (χ0v) is 12.4. The van der Waals surface area contributed by atoms with Gasteiger partial charge in [-0.1, -0.05) is 12.1 Å². The lowest BCUT2D eigenvalue weighted by atomic mass is 10.1. The molecule has 0 aromatic heterocycles. The molecule has 1 aromatic carbocycles. The van der Waals surface area contributed by atoms with E-state index in [9.17, 15) is 4.79 Å². The van der Waals surface area contributed by atoms with Gasteiger partial charge in [-0.2, -0.15) is 0 Å². The predicted octanol–water partition coefficient (Wildman–Crippen LogP) is 1.50. The van der Waals surface area contributed by atoms with Crippen LogP contribution in [-0.4, -0.2) is 39.8 Å². The lowest BCUT2D eigenvalue weighted by Gasteiger charge is -2.14. The zero-order chi connectivity index (χ0) is 14.8. The van der Waals surface area contributed by atoms with Gasteiger partial charge in [0.15, 0.2) is 0 Å². The molecule has 1 rings (SSSR count). The number of methoxy groups -OCH3 is 2. The Morgan fingerprint density at radius 2 is 1.90 bits per heavy atom. The van der Waals surface area contributed by atoms with Crippen molar-refractivity contribution in [1.82, 2.24) is 10.6 Å². The van der Waals surface area contributed by atoms with E-state index < -0.39 is 0 Å². The molecule has 1 atom stereocenters. The van der Waals surface area contributed by atoms with E-state index in [2.05, 4.69) is 17.6 Å². The van der Waals surface area contributed by atoms with Crippen LogP contribution in [0.2, 0.25) is 0 Å². The molecular weight excluding hydrogens is 256 g/mol. The predicted molar refractivity (Wildman–Crippen MR) is 78.9 cm³/mol. The molecule has 0 saturated heterocycles. The molecule has 5 nitrogen and oxygen atoms in total. The topological polar surface area (TPSA) is 59.6 Å². The summed E-state index contributed by atoms with van der Waals surface area (Å²) in [5, 5.41) is 6.12. The molecule has 0 saturated carbocycles. The lowest BCUT2D eigenvalue weighted by Crippen LogP contribution is -2.30. The van der Waals surface area contributed by atoms with Gasteiger partial charge in [0.05, 0.1) is 13.7 Å². The minimum Gasteiger partial charge on any atom is -0.497 e. The molecule has 5 heteroatoms. The molecule has 112 valence electrons. The summed E-state index contributed by atoms with van der Waals surface area (Å²) in [6.45, 7) is 3.82. The minimum atomic E-state index is 0.0384. The van der Waals surface area contributed by atoms with Crippen LogP contribution in [0, 0.1) is 0 Å². The summed E-state index contributed by atoms with van der Waals surface area (Å²) in [7, 11) is 3.27. The van der Waals surface area contributed by atoms with E-state index in [0.717, 1.165) is 5.75 Å². The van der Waals surface area contributed by atoms with Crippen molar-refractivity contribution in [2.45, 2.75) is 19.4 Å². The molecule has 1 aromatic rings. The van der Waals surface area contributed by atoms with Gasteiger partial charge in [-0.3, -0.25) is 4.79 Å². The second-order valence-corrected chi connectivity index (χ2v) is 4.54. The quantitative estimate of drug-likeness (QED) is 0.673. The van der Waals surface area contributed by atoms with Crippen LogP contribution in [-0.2, 0) is 9.53 Å². The number of benzene rings is 1. The Morgan fingerprint density at radius 3 is 2.50 bits per heavy atom. The number of hydrogen-bond donors (Lipinski definition) is 2. The number of hydrogen-bond acceptors (Lipinski definition) is 4. The third-order valence-corrected chi connectivity index (χ3v) is 3.05. The van der Waals surface area contributed by atoms with Crippen molar-refractivity contribution in [3.63, 3.8) is 0 Å². The normalized spacial score (nSPS) is 11.9. The van der Waals surface area contributed by atoms with E-state index >= 15 is 0 Å². The zero-order valence-electron chi connectivity index (χ0n) is 12.4. The average Bonchev–Trinajstić information content (AvgIpc) is 2.47. The van der Waals surface area contributed by atoms with Gasteiger partial charge in [-0.05, 0) is 24.6 Å².